The third kappa shape index (κ3) is 4.69. The fourth-order valence-electron chi connectivity index (χ4n) is 3.70. The summed E-state index contributed by atoms with van der Waals surface area (Å²) in [4.78, 5) is 15.3. The topological polar surface area (TPSA) is 69.5 Å². The van der Waals surface area contributed by atoms with Crippen LogP contribution < -0.4 is 14.4 Å². The van der Waals surface area contributed by atoms with Gasteiger partial charge in [-0.2, -0.15) is 0 Å². The molecule has 0 radical (unpaired) electrons. The van der Waals surface area contributed by atoms with E-state index in [-0.39, 0.29) is 11.5 Å². The molecular formula is C23H26N4O3S. The van der Waals surface area contributed by atoms with Crippen LogP contribution in [0.5, 0.6) is 11.5 Å². The van der Waals surface area contributed by atoms with E-state index in [0.29, 0.717) is 22.2 Å². The predicted molar refractivity (Wildman–Crippen MR) is 122 cm³/mol. The summed E-state index contributed by atoms with van der Waals surface area (Å²) in [5.74, 6) is 2.15. The molecule has 0 amide bonds. The summed E-state index contributed by atoms with van der Waals surface area (Å²) in [5.41, 5.74) is 1.48. The zero-order chi connectivity index (χ0) is 21.6. The Labute approximate surface area is 186 Å². The maximum Gasteiger partial charge on any atom is 0.232 e. The number of ether oxygens (including phenoxy) is 2. The van der Waals surface area contributed by atoms with Crippen LogP contribution in [0, 0.1) is 0 Å². The third-order valence-corrected chi connectivity index (χ3v) is 6.24. The molecule has 0 bridgehead atoms. The molecule has 0 atom stereocenters. The van der Waals surface area contributed by atoms with Gasteiger partial charge in [0.05, 0.1) is 31.2 Å². The Bertz CT molecular complexity index is 1030. The van der Waals surface area contributed by atoms with Gasteiger partial charge in [-0.15, -0.1) is 10.2 Å². The van der Waals surface area contributed by atoms with Crippen molar-refractivity contribution in [2.75, 3.05) is 38.0 Å². The Morgan fingerprint density at radius 2 is 1.77 bits per heavy atom. The van der Waals surface area contributed by atoms with Gasteiger partial charge < -0.3 is 14.4 Å². The zero-order valence-electron chi connectivity index (χ0n) is 17.8. The first kappa shape index (κ1) is 21.2. The summed E-state index contributed by atoms with van der Waals surface area (Å²) in [6, 6.07) is 15.3. The number of para-hydroxylation sites is 1. The fraction of sp³-hybridized carbons (Fsp3) is 0.348. The number of aromatic nitrogens is 3. The maximum absolute atomic E-state index is 13.0. The van der Waals surface area contributed by atoms with Crippen molar-refractivity contribution in [2.24, 2.45) is 0 Å². The Morgan fingerprint density at radius 1 is 1.00 bits per heavy atom. The van der Waals surface area contributed by atoms with E-state index >= 15 is 0 Å². The van der Waals surface area contributed by atoms with Gasteiger partial charge in [-0.25, -0.2) is 0 Å². The van der Waals surface area contributed by atoms with Crippen LogP contribution in [0.25, 0.3) is 5.69 Å². The minimum Gasteiger partial charge on any atom is -0.497 e. The van der Waals surface area contributed by atoms with Crippen LogP contribution in [0.1, 0.15) is 29.6 Å². The molecule has 1 aliphatic heterocycles. The van der Waals surface area contributed by atoms with Gasteiger partial charge in [0.25, 0.3) is 0 Å². The summed E-state index contributed by atoms with van der Waals surface area (Å²) in [6.07, 6.45) is 3.55. The van der Waals surface area contributed by atoms with Crippen molar-refractivity contribution in [1.82, 2.24) is 14.8 Å². The number of nitrogens with zero attached hydrogens (tertiary/aromatic N) is 4. The van der Waals surface area contributed by atoms with Gasteiger partial charge in [0, 0.05) is 13.1 Å². The molecule has 0 spiro atoms. The lowest BCUT2D eigenvalue weighted by Gasteiger charge is -2.27. The van der Waals surface area contributed by atoms with Gasteiger partial charge in [-0.3, -0.25) is 9.36 Å². The zero-order valence-corrected chi connectivity index (χ0v) is 18.6. The highest BCUT2D eigenvalue weighted by Gasteiger charge is 2.23. The molecule has 4 rings (SSSR count). The number of Topliss-reactive ketones (excluding diaryl/α,β-unsaturated/α-hetero) is 1. The van der Waals surface area contributed by atoms with Crippen molar-refractivity contribution in [3.63, 3.8) is 0 Å². The quantitative estimate of drug-likeness (QED) is 0.385. The first-order chi connectivity index (χ1) is 15.2. The van der Waals surface area contributed by atoms with E-state index in [1.807, 2.05) is 34.9 Å². The second-order valence-corrected chi connectivity index (χ2v) is 8.22. The molecule has 1 aromatic heterocycles. The Kier molecular flexibility index (Phi) is 6.76. The van der Waals surface area contributed by atoms with Crippen molar-refractivity contribution in [1.29, 1.82) is 0 Å². The van der Waals surface area contributed by atoms with E-state index in [1.165, 1.54) is 18.2 Å². The predicted octanol–water partition coefficient (Wildman–Crippen LogP) is 4.25. The van der Waals surface area contributed by atoms with Crippen LogP contribution in [0.2, 0.25) is 0 Å². The Balaban J connectivity index is 1.60. The molecule has 0 unspecified atom stereocenters. The summed E-state index contributed by atoms with van der Waals surface area (Å²) in [5, 5.41) is 9.62. The first-order valence-electron chi connectivity index (χ1n) is 10.3. The molecule has 2 heterocycles. The van der Waals surface area contributed by atoms with E-state index in [2.05, 4.69) is 15.1 Å². The van der Waals surface area contributed by atoms with Gasteiger partial charge >= 0.3 is 0 Å². The molecule has 1 fully saturated rings. The molecule has 3 aromatic rings. The van der Waals surface area contributed by atoms with Crippen LogP contribution in [0.3, 0.4) is 0 Å². The lowest BCUT2D eigenvalue weighted by molar-refractivity contribution is 0.101. The summed E-state index contributed by atoms with van der Waals surface area (Å²) in [6.45, 7) is 1.94. The number of carbonyl (C=O) groups excluding carboxylic acids is 1. The molecule has 0 N–H and O–H groups in total. The van der Waals surface area contributed by atoms with Crippen LogP contribution in [-0.4, -0.2) is 53.6 Å². The lowest BCUT2D eigenvalue weighted by atomic mass is 10.1. The highest BCUT2D eigenvalue weighted by atomic mass is 32.2. The number of thioether (sulfide) groups is 1. The first-order valence-corrected chi connectivity index (χ1v) is 11.3. The SMILES string of the molecule is COc1ccc(OC)c(C(=O)CSc2nnc(N3CCCCC3)n2-c2ccccc2)c1. The molecular weight excluding hydrogens is 412 g/mol. The second kappa shape index (κ2) is 9.87. The molecule has 2 aromatic carbocycles. The van der Waals surface area contributed by atoms with E-state index < -0.39 is 0 Å². The van der Waals surface area contributed by atoms with E-state index in [4.69, 9.17) is 9.47 Å². The van der Waals surface area contributed by atoms with E-state index in [1.54, 1.807) is 32.4 Å². The van der Waals surface area contributed by atoms with Crippen LogP contribution in [0.15, 0.2) is 53.7 Å². The van der Waals surface area contributed by atoms with Gasteiger partial charge in [0.15, 0.2) is 10.9 Å². The largest absolute Gasteiger partial charge is 0.497 e. The summed E-state index contributed by atoms with van der Waals surface area (Å²) >= 11 is 1.38. The van der Waals surface area contributed by atoms with Gasteiger partial charge in [-0.05, 0) is 49.6 Å². The van der Waals surface area contributed by atoms with E-state index in [0.717, 1.165) is 37.6 Å². The number of benzene rings is 2. The minimum atomic E-state index is -0.0529. The number of rotatable bonds is 8. The molecule has 0 saturated carbocycles. The smallest absolute Gasteiger partial charge is 0.232 e. The van der Waals surface area contributed by atoms with Gasteiger partial charge in [0.2, 0.25) is 5.95 Å². The Hall–Kier alpha value is -3.00. The maximum atomic E-state index is 13.0. The van der Waals surface area contributed by atoms with Crippen molar-refractivity contribution < 1.29 is 14.3 Å². The lowest BCUT2D eigenvalue weighted by Crippen LogP contribution is -2.31. The number of carbonyl (C=O) groups is 1. The summed E-state index contributed by atoms with van der Waals surface area (Å²) in [7, 11) is 3.14. The van der Waals surface area contributed by atoms with Crippen molar-refractivity contribution in [3.05, 3.63) is 54.1 Å². The van der Waals surface area contributed by atoms with Crippen LogP contribution in [-0.2, 0) is 0 Å². The molecule has 31 heavy (non-hydrogen) atoms. The highest BCUT2D eigenvalue weighted by molar-refractivity contribution is 7.99. The number of hydrogen-bond donors (Lipinski definition) is 0. The molecule has 8 heteroatoms. The number of methoxy groups -OCH3 is 2. The standard InChI is InChI=1S/C23H26N4O3S/c1-29-18-11-12-21(30-2)19(15-18)20(28)16-31-23-25-24-22(26-13-7-4-8-14-26)27(23)17-9-5-3-6-10-17/h3,5-6,9-12,15H,4,7-8,13-14,16H2,1-2H3. The van der Waals surface area contributed by atoms with Crippen LogP contribution in [0.4, 0.5) is 5.95 Å². The number of hydrogen-bond acceptors (Lipinski definition) is 7. The normalized spacial score (nSPS) is 13.8. The molecule has 162 valence electrons. The third-order valence-electron chi connectivity index (χ3n) is 5.31. The summed E-state index contributed by atoms with van der Waals surface area (Å²) < 4.78 is 12.7. The van der Waals surface area contributed by atoms with Crippen molar-refractivity contribution in [3.8, 4) is 17.2 Å². The average molecular weight is 439 g/mol. The average Bonchev–Trinajstić information content (AvgIpc) is 3.27. The number of piperidine rings is 1. The number of anilines is 1. The second-order valence-electron chi connectivity index (χ2n) is 7.28. The fourth-order valence-corrected chi connectivity index (χ4v) is 4.53. The van der Waals surface area contributed by atoms with Gasteiger partial charge in [0.1, 0.15) is 11.5 Å². The molecule has 1 aliphatic rings. The molecule has 7 nitrogen and oxygen atoms in total. The minimum absolute atomic E-state index is 0.0529. The Morgan fingerprint density at radius 3 is 2.48 bits per heavy atom. The molecule has 1 saturated heterocycles. The van der Waals surface area contributed by atoms with Crippen molar-refractivity contribution >= 4 is 23.5 Å². The molecule has 0 aliphatic carbocycles. The highest BCUT2D eigenvalue weighted by Crippen LogP contribution is 2.30. The van der Waals surface area contributed by atoms with Gasteiger partial charge in [-0.1, -0.05) is 30.0 Å². The monoisotopic (exact) mass is 438 g/mol. The number of ketones is 1. The van der Waals surface area contributed by atoms with Crippen LogP contribution >= 0.6 is 11.8 Å². The van der Waals surface area contributed by atoms with E-state index in [9.17, 15) is 4.79 Å². The van der Waals surface area contributed by atoms with Crippen molar-refractivity contribution in [2.45, 2.75) is 24.4 Å².